The summed E-state index contributed by atoms with van der Waals surface area (Å²) in [7, 11) is 0. The molecule has 1 rings (SSSR count). The van der Waals surface area contributed by atoms with Gasteiger partial charge in [-0.2, -0.15) is 0 Å². The van der Waals surface area contributed by atoms with Crippen molar-refractivity contribution in [3.63, 3.8) is 0 Å². The van der Waals surface area contributed by atoms with Gasteiger partial charge in [0, 0.05) is 18.4 Å². The van der Waals surface area contributed by atoms with Crippen LogP contribution in [0.2, 0.25) is 0 Å². The fourth-order valence-electron chi connectivity index (χ4n) is 1.23. The third kappa shape index (κ3) is 5.12. The molecule has 1 N–H and O–H groups in total. The standard InChI is InChI=1S/C13H22N2O/c1-5-7-14-11-6-8-15-12(9-11)10-16-13(2,3)4/h6,8-9H,5,7,10H2,1-4H3,(H,14,15). The molecule has 1 aromatic heterocycles. The lowest BCUT2D eigenvalue weighted by Gasteiger charge is -2.19. The molecule has 1 aromatic rings. The first kappa shape index (κ1) is 13.0. The summed E-state index contributed by atoms with van der Waals surface area (Å²) in [6.07, 6.45) is 2.94. The number of nitrogens with zero attached hydrogens (tertiary/aromatic N) is 1. The van der Waals surface area contributed by atoms with E-state index in [2.05, 4.69) is 17.2 Å². The van der Waals surface area contributed by atoms with Crippen LogP contribution in [-0.4, -0.2) is 17.1 Å². The summed E-state index contributed by atoms with van der Waals surface area (Å²) >= 11 is 0. The largest absolute Gasteiger partial charge is 0.385 e. The zero-order valence-electron chi connectivity index (χ0n) is 10.7. The molecule has 0 aromatic carbocycles. The van der Waals surface area contributed by atoms with Gasteiger partial charge in [-0.15, -0.1) is 0 Å². The van der Waals surface area contributed by atoms with Gasteiger partial charge in [0.05, 0.1) is 17.9 Å². The topological polar surface area (TPSA) is 34.2 Å². The smallest absolute Gasteiger partial charge is 0.0895 e. The van der Waals surface area contributed by atoms with Crippen LogP contribution < -0.4 is 5.32 Å². The van der Waals surface area contributed by atoms with E-state index in [1.165, 1.54) is 0 Å². The summed E-state index contributed by atoms with van der Waals surface area (Å²) < 4.78 is 5.68. The second-order valence-electron chi connectivity index (χ2n) is 4.86. The van der Waals surface area contributed by atoms with Crippen molar-refractivity contribution in [2.24, 2.45) is 0 Å². The van der Waals surface area contributed by atoms with Crippen LogP contribution in [0.25, 0.3) is 0 Å². The number of nitrogens with one attached hydrogen (secondary N) is 1. The van der Waals surface area contributed by atoms with Crippen LogP contribution in [-0.2, 0) is 11.3 Å². The second-order valence-corrected chi connectivity index (χ2v) is 4.86. The molecule has 0 spiro atoms. The third-order valence-corrected chi connectivity index (χ3v) is 2.05. The zero-order valence-corrected chi connectivity index (χ0v) is 10.7. The maximum absolute atomic E-state index is 5.68. The molecule has 0 saturated carbocycles. The summed E-state index contributed by atoms with van der Waals surface area (Å²) in [4.78, 5) is 4.29. The highest BCUT2D eigenvalue weighted by Crippen LogP contribution is 2.13. The summed E-state index contributed by atoms with van der Waals surface area (Å²) in [6.45, 7) is 9.84. The molecular formula is C13H22N2O. The van der Waals surface area contributed by atoms with E-state index in [0.717, 1.165) is 24.3 Å². The molecule has 0 fully saturated rings. The minimum atomic E-state index is -0.117. The highest BCUT2D eigenvalue weighted by atomic mass is 16.5. The van der Waals surface area contributed by atoms with Gasteiger partial charge in [0.15, 0.2) is 0 Å². The number of aromatic nitrogens is 1. The first-order chi connectivity index (χ1) is 7.51. The van der Waals surface area contributed by atoms with E-state index in [0.29, 0.717) is 6.61 Å². The average Bonchev–Trinajstić information content (AvgIpc) is 2.23. The molecule has 0 aliphatic heterocycles. The van der Waals surface area contributed by atoms with Crippen LogP contribution in [0.1, 0.15) is 39.8 Å². The van der Waals surface area contributed by atoms with Crippen molar-refractivity contribution in [2.75, 3.05) is 11.9 Å². The Hall–Kier alpha value is -1.09. The Morgan fingerprint density at radius 1 is 1.38 bits per heavy atom. The molecule has 0 aliphatic carbocycles. The second kappa shape index (κ2) is 5.85. The molecule has 90 valence electrons. The Balaban J connectivity index is 2.53. The maximum atomic E-state index is 5.68. The molecule has 0 bridgehead atoms. The van der Waals surface area contributed by atoms with Gasteiger partial charge in [0.2, 0.25) is 0 Å². The molecule has 3 nitrogen and oxygen atoms in total. The van der Waals surface area contributed by atoms with Crippen LogP contribution in [0.5, 0.6) is 0 Å². The van der Waals surface area contributed by atoms with Crippen molar-refractivity contribution in [1.82, 2.24) is 4.98 Å². The van der Waals surface area contributed by atoms with E-state index in [-0.39, 0.29) is 5.60 Å². The van der Waals surface area contributed by atoms with Crippen molar-refractivity contribution in [2.45, 2.75) is 46.3 Å². The van der Waals surface area contributed by atoms with Gasteiger partial charge in [0.25, 0.3) is 0 Å². The number of ether oxygens (including phenoxy) is 1. The van der Waals surface area contributed by atoms with Gasteiger partial charge in [-0.05, 0) is 39.3 Å². The minimum Gasteiger partial charge on any atom is -0.385 e. The molecule has 0 saturated heterocycles. The van der Waals surface area contributed by atoms with E-state index in [4.69, 9.17) is 4.74 Å². The van der Waals surface area contributed by atoms with Crippen molar-refractivity contribution in [3.05, 3.63) is 24.0 Å². The number of anilines is 1. The van der Waals surface area contributed by atoms with Gasteiger partial charge in [-0.3, -0.25) is 4.98 Å². The molecule has 3 heteroatoms. The lowest BCUT2D eigenvalue weighted by atomic mass is 10.2. The van der Waals surface area contributed by atoms with Gasteiger partial charge in [-0.1, -0.05) is 6.92 Å². The number of pyridine rings is 1. The molecule has 0 radical (unpaired) electrons. The highest BCUT2D eigenvalue weighted by Gasteiger charge is 2.10. The van der Waals surface area contributed by atoms with Gasteiger partial charge < -0.3 is 10.1 Å². The van der Waals surface area contributed by atoms with E-state index in [1.807, 2.05) is 39.1 Å². The summed E-state index contributed by atoms with van der Waals surface area (Å²) in [6, 6.07) is 4.03. The molecule has 0 amide bonds. The summed E-state index contributed by atoms with van der Waals surface area (Å²) in [5.74, 6) is 0. The Morgan fingerprint density at radius 2 is 2.12 bits per heavy atom. The van der Waals surface area contributed by atoms with Gasteiger partial charge in [-0.25, -0.2) is 0 Å². The third-order valence-electron chi connectivity index (χ3n) is 2.05. The predicted molar refractivity (Wildman–Crippen MR) is 67.6 cm³/mol. The van der Waals surface area contributed by atoms with Crippen molar-refractivity contribution in [1.29, 1.82) is 0 Å². The Morgan fingerprint density at radius 3 is 2.75 bits per heavy atom. The van der Waals surface area contributed by atoms with Crippen LogP contribution in [0, 0.1) is 0 Å². The van der Waals surface area contributed by atoms with Crippen molar-refractivity contribution < 1.29 is 4.74 Å². The van der Waals surface area contributed by atoms with E-state index in [1.54, 1.807) is 0 Å². The minimum absolute atomic E-state index is 0.117. The number of rotatable bonds is 5. The van der Waals surface area contributed by atoms with E-state index < -0.39 is 0 Å². The predicted octanol–water partition coefficient (Wildman–Crippen LogP) is 3.22. The highest BCUT2D eigenvalue weighted by molar-refractivity contribution is 5.42. The Bertz CT molecular complexity index is 318. The van der Waals surface area contributed by atoms with E-state index >= 15 is 0 Å². The fraction of sp³-hybridized carbons (Fsp3) is 0.615. The molecule has 0 unspecified atom stereocenters. The van der Waals surface area contributed by atoms with Crippen LogP contribution in [0.4, 0.5) is 5.69 Å². The summed E-state index contributed by atoms with van der Waals surface area (Å²) in [5, 5.41) is 3.34. The molecule has 1 heterocycles. The van der Waals surface area contributed by atoms with Crippen LogP contribution in [0.15, 0.2) is 18.3 Å². The first-order valence-electron chi connectivity index (χ1n) is 5.84. The molecule has 16 heavy (non-hydrogen) atoms. The molecular weight excluding hydrogens is 200 g/mol. The maximum Gasteiger partial charge on any atom is 0.0895 e. The zero-order chi connectivity index (χ0) is 12.0. The Labute approximate surface area is 98.2 Å². The van der Waals surface area contributed by atoms with Gasteiger partial charge >= 0.3 is 0 Å². The Kier molecular flexibility index (Phi) is 4.74. The normalized spacial score (nSPS) is 11.5. The lowest BCUT2D eigenvalue weighted by Crippen LogP contribution is -2.19. The van der Waals surface area contributed by atoms with Crippen molar-refractivity contribution >= 4 is 5.69 Å². The van der Waals surface area contributed by atoms with Crippen molar-refractivity contribution in [3.8, 4) is 0 Å². The summed E-state index contributed by atoms with van der Waals surface area (Å²) in [5.41, 5.74) is 1.97. The monoisotopic (exact) mass is 222 g/mol. The first-order valence-corrected chi connectivity index (χ1v) is 5.84. The quantitative estimate of drug-likeness (QED) is 0.830. The lowest BCUT2D eigenvalue weighted by molar-refractivity contribution is -0.0164. The van der Waals surface area contributed by atoms with Crippen LogP contribution in [0.3, 0.4) is 0 Å². The van der Waals surface area contributed by atoms with Crippen LogP contribution >= 0.6 is 0 Å². The van der Waals surface area contributed by atoms with E-state index in [9.17, 15) is 0 Å². The van der Waals surface area contributed by atoms with Gasteiger partial charge in [0.1, 0.15) is 0 Å². The number of hydrogen-bond donors (Lipinski definition) is 1. The SMILES string of the molecule is CCCNc1ccnc(COC(C)(C)C)c1. The molecule has 0 aliphatic rings. The number of hydrogen-bond acceptors (Lipinski definition) is 3. The fourth-order valence-corrected chi connectivity index (χ4v) is 1.23. The molecule has 0 atom stereocenters. The average molecular weight is 222 g/mol.